The van der Waals surface area contributed by atoms with Crippen molar-refractivity contribution < 1.29 is 0 Å². The van der Waals surface area contributed by atoms with Gasteiger partial charge in [-0.2, -0.15) is 5.10 Å². The van der Waals surface area contributed by atoms with E-state index >= 15 is 0 Å². The van der Waals surface area contributed by atoms with Crippen molar-refractivity contribution in [2.45, 2.75) is 12.8 Å². The predicted octanol–water partition coefficient (Wildman–Crippen LogP) is 2.95. The molecule has 1 heterocycles. The molecule has 3 rings (SSSR count). The minimum atomic E-state index is 1.10. The fourth-order valence-corrected chi connectivity index (χ4v) is 2.62. The molecule has 2 aromatic rings. The molecule has 0 spiro atoms. The van der Waals surface area contributed by atoms with Crippen LogP contribution in [0.3, 0.4) is 0 Å². The van der Waals surface area contributed by atoms with Crippen molar-refractivity contribution in [1.82, 2.24) is 9.78 Å². The Morgan fingerprint density at radius 3 is 3.00 bits per heavy atom. The van der Waals surface area contributed by atoms with E-state index in [-0.39, 0.29) is 0 Å². The molecule has 0 saturated carbocycles. The van der Waals surface area contributed by atoms with Gasteiger partial charge < -0.3 is 0 Å². The molecule has 0 unspecified atom stereocenters. The Kier molecular flexibility index (Phi) is 1.96. The molecule has 3 heteroatoms. The first kappa shape index (κ1) is 9.16. The number of hydrogen-bond donors (Lipinski definition) is 0. The molecule has 0 radical (unpaired) electrons. The van der Waals surface area contributed by atoms with Crippen LogP contribution < -0.4 is 0 Å². The molecule has 0 bridgehead atoms. The number of aryl methyl sites for hydroxylation is 2. The lowest BCUT2D eigenvalue weighted by Crippen LogP contribution is -2.07. The molecule has 0 aliphatic heterocycles. The summed E-state index contributed by atoms with van der Waals surface area (Å²) in [4.78, 5) is 0. The Morgan fingerprint density at radius 2 is 2.13 bits per heavy atom. The first-order valence-corrected chi connectivity index (χ1v) is 5.84. The maximum Gasteiger partial charge on any atom is 0.0571 e. The summed E-state index contributed by atoms with van der Waals surface area (Å²) < 4.78 is 3.12. The Morgan fingerprint density at radius 1 is 1.27 bits per heavy atom. The summed E-state index contributed by atoms with van der Waals surface area (Å²) in [6.45, 7) is 0. The van der Waals surface area contributed by atoms with Crippen LogP contribution in [-0.4, -0.2) is 9.78 Å². The molecule has 1 aromatic heterocycles. The molecular formula is C12H11BrN2. The van der Waals surface area contributed by atoms with Crippen molar-refractivity contribution >= 4 is 15.9 Å². The van der Waals surface area contributed by atoms with E-state index in [4.69, 9.17) is 0 Å². The standard InChI is InChI=1S/C12H11BrN2/c1-15-12-5-3-8-2-4-9(13)6-10(8)11(12)7-14-15/h2,4,6-7H,3,5H2,1H3. The van der Waals surface area contributed by atoms with Crippen LogP contribution in [0.1, 0.15) is 11.3 Å². The number of halogens is 1. The Bertz CT molecular complexity index is 528. The zero-order chi connectivity index (χ0) is 10.4. The monoisotopic (exact) mass is 262 g/mol. The summed E-state index contributed by atoms with van der Waals surface area (Å²) >= 11 is 3.52. The van der Waals surface area contributed by atoms with Crippen LogP contribution in [0, 0.1) is 0 Å². The molecule has 2 nitrogen and oxygen atoms in total. The van der Waals surface area contributed by atoms with Crippen molar-refractivity contribution in [3.8, 4) is 11.1 Å². The largest absolute Gasteiger partial charge is 0.272 e. The highest BCUT2D eigenvalue weighted by Gasteiger charge is 2.19. The number of rotatable bonds is 0. The van der Waals surface area contributed by atoms with Gasteiger partial charge in [0.1, 0.15) is 0 Å². The lowest BCUT2D eigenvalue weighted by atomic mass is 9.90. The molecule has 76 valence electrons. The van der Waals surface area contributed by atoms with Crippen LogP contribution in [0.5, 0.6) is 0 Å². The van der Waals surface area contributed by atoms with Gasteiger partial charge in [0.15, 0.2) is 0 Å². The third-order valence-electron chi connectivity index (χ3n) is 3.05. The van der Waals surface area contributed by atoms with E-state index in [1.807, 2.05) is 17.9 Å². The molecule has 0 amide bonds. The topological polar surface area (TPSA) is 17.8 Å². The molecule has 1 aliphatic rings. The number of hydrogen-bond acceptors (Lipinski definition) is 1. The Hall–Kier alpha value is -1.09. The lowest BCUT2D eigenvalue weighted by Gasteiger charge is -2.17. The zero-order valence-corrected chi connectivity index (χ0v) is 10.1. The van der Waals surface area contributed by atoms with Gasteiger partial charge >= 0.3 is 0 Å². The Balaban J connectivity index is 2.28. The number of fused-ring (bicyclic) bond motifs is 3. The van der Waals surface area contributed by atoms with Gasteiger partial charge in [0, 0.05) is 22.8 Å². The molecule has 15 heavy (non-hydrogen) atoms. The van der Waals surface area contributed by atoms with E-state index in [0.29, 0.717) is 0 Å². The van der Waals surface area contributed by atoms with Crippen molar-refractivity contribution in [1.29, 1.82) is 0 Å². The number of aromatic nitrogens is 2. The van der Waals surface area contributed by atoms with Crippen LogP contribution in [0.4, 0.5) is 0 Å². The van der Waals surface area contributed by atoms with E-state index in [2.05, 4.69) is 39.2 Å². The van der Waals surface area contributed by atoms with E-state index in [0.717, 1.165) is 17.3 Å². The van der Waals surface area contributed by atoms with Gasteiger partial charge in [0.2, 0.25) is 0 Å². The third kappa shape index (κ3) is 1.34. The minimum Gasteiger partial charge on any atom is -0.272 e. The fourth-order valence-electron chi connectivity index (χ4n) is 2.25. The summed E-state index contributed by atoms with van der Waals surface area (Å²) in [5.74, 6) is 0. The summed E-state index contributed by atoms with van der Waals surface area (Å²) in [6, 6.07) is 6.50. The fraction of sp³-hybridized carbons (Fsp3) is 0.250. The van der Waals surface area contributed by atoms with Crippen molar-refractivity contribution in [3.63, 3.8) is 0 Å². The number of benzene rings is 1. The van der Waals surface area contributed by atoms with E-state index in [9.17, 15) is 0 Å². The van der Waals surface area contributed by atoms with E-state index in [1.54, 1.807) is 0 Å². The van der Waals surface area contributed by atoms with Crippen LogP contribution in [0.25, 0.3) is 11.1 Å². The van der Waals surface area contributed by atoms with Crippen LogP contribution in [0.2, 0.25) is 0 Å². The molecule has 0 atom stereocenters. The highest BCUT2D eigenvalue weighted by molar-refractivity contribution is 9.10. The average Bonchev–Trinajstić information content (AvgIpc) is 2.61. The summed E-state index contributed by atoms with van der Waals surface area (Å²) in [7, 11) is 2.02. The quantitative estimate of drug-likeness (QED) is 0.714. The second-order valence-corrected chi connectivity index (χ2v) is 4.85. The second-order valence-electron chi connectivity index (χ2n) is 3.93. The van der Waals surface area contributed by atoms with Crippen molar-refractivity contribution in [2.24, 2.45) is 7.05 Å². The van der Waals surface area contributed by atoms with Gasteiger partial charge in [-0.1, -0.05) is 22.0 Å². The molecule has 0 fully saturated rings. The number of nitrogens with zero attached hydrogens (tertiary/aromatic N) is 2. The highest BCUT2D eigenvalue weighted by Crippen LogP contribution is 2.34. The Labute approximate surface area is 97.1 Å². The molecule has 0 N–H and O–H groups in total. The van der Waals surface area contributed by atoms with Crippen molar-refractivity contribution in [3.05, 3.63) is 40.1 Å². The van der Waals surface area contributed by atoms with Crippen LogP contribution >= 0.6 is 15.9 Å². The first-order valence-electron chi connectivity index (χ1n) is 5.05. The minimum absolute atomic E-state index is 1.10. The highest BCUT2D eigenvalue weighted by atomic mass is 79.9. The van der Waals surface area contributed by atoms with Gasteiger partial charge in [0.05, 0.1) is 6.20 Å². The van der Waals surface area contributed by atoms with Gasteiger partial charge in [-0.3, -0.25) is 4.68 Å². The first-order chi connectivity index (χ1) is 7.25. The van der Waals surface area contributed by atoms with Crippen LogP contribution in [-0.2, 0) is 19.9 Å². The lowest BCUT2D eigenvalue weighted by molar-refractivity contribution is 0.701. The SMILES string of the molecule is Cn1ncc2c1CCc1ccc(Br)cc1-2. The average molecular weight is 263 g/mol. The third-order valence-corrected chi connectivity index (χ3v) is 3.55. The van der Waals surface area contributed by atoms with Gasteiger partial charge in [0.25, 0.3) is 0 Å². The molecule has 1 aliphatic carbocycles. The smallest absolute Gasteiger partial charge is 0.0571 e. The van der Waals surface area contributed by atoms with Gasteiger partial charge in [-0.25, -0.2) is 0 Å². The second kappa shape index (κ2) is 3.20. The van der Waals surface area contributed by atoms with Gasteiger partial charge in [-0.05, 0) is 36.1 Å². The molecule has 1 aromatic carbocycles. The maximum absolute atomic E-state index is 4.33. The molecule has 0 saturated heterocycles. The van der Waals surface area contributed by atoms with Crippen LogP contribution in [0.15, 0.2) is 28.9 Å². The maximum atomic E-state index is 4.33. The van der Waals surface area contributed by atoms with Crippen molar-refractivity contribution in [2.75, 3.05) is 0 Å². The summed E-state index contributed by atoms with van der Waals surface area (Å²) in [5.41, 5.74) is 5.40. The zero-order valence-electron chi connectivity index (χ0n) is 8.50. The van der Waals surface area contributed by atoms with E-state index in [1.165, 1.54) is 22.4 Å². The normalized spacial score (nSPS) is 13.5. The predicted molar refractivity (Wildman–Crippen MR) is 63.8 cm³/mol. The summed E-state index contributed by atoms with van der Waals surface area (Å²) in [6.07, 6.45) is 4.19. The van der Waals surface area contributed by atoms with Gasteiger partial charge in [-0.15, -0.1) is 0 Å². The summed E-state index contributed by atoms with van der Waals surface area (Å²) in [5, 5.41) is 4.33. The van der Waals surface area contributed by atoms with E-state index < -0.39 is 0 Å². The molecular weight excluding hydrogens is 252 g/mol.